The molecule has 0 aliphatic carbocycles. The van der Waals surface area contributed by atoms with Crippen LogP contribution in [0, 0.1) is 0 Å². The van der Waals surface area contributed by atoms with Crippen molar-refractivity contribution < 1.29 is 14.3 Å². The quantitative estimate of drug-likeness (QED) is 0.623. The molecule has 2 aromatic rings. The Hall–Kier alpha value is -1.20. The second-order valence-corrected chi connectivity index (χ2v) is 5.26. The lowest BCUT2D eigenvalue weighted by atomic mass is 10.1. The van der Waals surface area contributed by atoms with Gasteiger partial charge >= 0.3 is 5.97 Å². The summed E-state index contributed by atoms with van der Waals surface area (Å²) in [5.74, 6) is -0.371. The molecule has 2 rings (SSSR count). The number of ketones is 1. The summed E-state index contributed by atoms with van der Waals surface area (Å²) >= 11 is 2.96. The molecule has 84 valence electrons. The zero-order chi connectivity index (χ0) is 11.7. The van der Waals surface area contributed by atoms with Crippen molar-refractivity contribution in [2.45, 2.75) is 13.8 Å². The van der Waals surface area contributed by atoms with Gasteiger partial charge in [0.25, 0.3) is 0 Å². The van der Waals surface area contributed by atoms with Crippen LogP contribution in [0.3, 0.4) is 0 Å². The number of hydrogen-bond acceptors (Lipinski definition) is 5. The smallest absolute Gasteiger partial charge is 0.339 e. The maximum absolute atomic E-state index is 11.7. The average Bonchev–Trinajstić information content (AvgIpc) is 2.76. The Morgan fingerprint density at radius 1 is 1.25 bits per heavy atom. The Labute approximate surface area is 101 Å². The minimum absolute atomic E-state index is 0.0183. The summed E-state index contributed by atoms with van der Waals surface area (Å²) in [7, 11) is 0. The molecule has 0 N–H and O–H groups in total. The molecule has 0 aromatic carbocycles. The zero-order valence-electron chi connectivity index (χ0n) is 8.90. The molecule has 0 spiro atoms. The van der Waals surface area contributed by atoms with Gasteiger partial charge in [0.1, 0.15) is 0 Å². The lowest BCUT2D eigenvalue weighted by Crippen LogP contribution is -2.04. The molecule has 3 nitrogen and oxygen atoms in total. The summed E-state index contributed by atoms with van der Waals surface area (Å²) in [5.41, 5.74) is 1.12. The van der Waals surface area contributed by atoms with Crippen LogP contribution in [0.15, 0.2) is 10.8 Å². The molecule has 0 radical (unpaired) electrons. The van der Waals surface area contributed by atoms with Gasteiger partial charge in [-0.05, 0) is 13.8 Å². The third-order valence-corrected chi connectivity index (χ3v) is 4.31. The van der Waals surface area contributed by atoms with Crippen molar-refractivity contribution in [2.24, 2.45) is 0 Å². The first-order valence-corrected chi connectivity index (χ1v) is 6.57. The van der Waals surface area contributed by atoms with E-state index in [1.54, 1.807) is 17.7 Å². The number of hydrogen-bond donors (Lipinski definition) is 0. The standard InChI is InChI=1S/C11H10O3S2/c1-3-14-10(13)8-5-16-11-9(8)7(4-15-11)6(2)12/h4-5H,3H2,1-2H3. The third kappa shape index (κ3) is 1.76. The van der Waals surface area contributed by atoms with Gasteiger partial charge in [0.2, 0.25) is 0 Å². The monoisotopic (exact) mass is 254 g/mol. The largest absolute Gasteiger partial charge is 0.462 e. The van der Waals surface area contributed by atoms with Crippen LogP contribution in [-0.2, 0) is 4.74 Å². The van der Waals surface area contributed by atoms with E-state index in [0.717, 1.165) is 9.40 Å². The van der Waals surface area contributed by atoms with Gasteiger partial charge in [-0.1, -0.05) is 0 Å². The fourth-order valence-electron chi connectivity index (χ4n) is 1.47. The van der Waals surface area contributed by atoms with Crippen molar-refractivity contribution in [3.05, 3.63) is 21.9 Å². The molecule has 0 bridgehead atoms. The average molecular weight is 254 g/mol. The molecular weight excluding hydrogens is 244 g/mol. The van der Waals surface area contributed by atoms with Gasteiger partial charge in [-0.2, -0.15) is 0 Å². The first-order chi connectivity index (χ1) is 7.65. The SMILES string of the molecule is CCOC(=O)c1csc2scc(C(C)=O)c12. The Morgan fingerprint density at radius 2 is 1.88 bits per heavy atom. The molecule has 2 aromatic heterocycles. The van der Waals surface area contributed by atoms with E-state index in [2.05, 4.69) is 0 Å². The summed E-state index contributed by atoms with van der Waals surface area (Å²) in [5, 5.41) is 4.30. The number of carbonyl (C=O) groups excluding carboxylic acids is 2. The molecule has 2 heterocycles. The minimum Gasteiger partial charge on any atom is -0.462 e. The Balaban J connectivity index is 2.57. The van der Waals surface area contributed by atoms with Crippen molar-refractivity contribution >= 4 is 43.8 Å². The molecule has 0 saturated carbocycles. The van der Waals surface area contributed by atoms with E-state index in [1.807, 2.05) is 0 Å². The van der Waals surface area contributed by atoms with Crippen molar-refractivity contribution in [3.63, 3.8) is 0 Å². The molecule has 0 atom stereocenters. The minimum atomic E-state index is -0.352. The number of esters is 1. The number of Topliss-reactive ketones (excluding diaryl/α,β-unsaturated/α-hetero) is 1. The summed E-state index contributed by atoms with van der Waals surface area (Å²) in [6.07, 6.45) is 0. The highest BCUT2D eigenvalue weighted by molar-refractivity contribution is 7.37. The number of fused-ring (bicyclic) bond motifs is 1. The number of carbonyl (C=O) groups is 2. The Kier molecular flexibility index (Phi) is 3.07. The molecule has 0 aliphatic rings. The zero-order valence-corrected chi connectivity index (χ0v) is 10.5. The fraction of sp³-hybridized carbons (Fsp3) is 0.273. The van der Waals surface area contributed by atoms with Gasteiger partial charge in [0.15, 0.2) is 5.78 Å². The van der Waals surface area contributed by atoms with Crippen LogP contribution < -0.4 is 0 Å². The predicted molar refractivity (Wildman–Crippen MR) is 65.7 cm³/mol. The van der Waals surface area contributed by atoms with Crippen LogP contribution in [0.1, 0.15) is 34.6 Å². The van der Waals surface area contributed by atoms with E-state index < -0.39 is 0 Å². The van der Waals surface area contributed by atoms with Gasteiger partial charge in [-0.15, -0.1) is 22.7 Å². The highest BCUT2D eigenvalue weighted by Gasteiger charge is 2.19. The maximum atomic E-state index is 11.7. The van der Waals surface area contributed by atoms with E-state index in [-0.39, 0.29) is 11.8 Å². The van der Waals surface area contributed by atoms with Crippen LogP contribution in [0.4, 0.5) is 0 Å². The van der Waals surface area contributed by atoms with Gasteiger partial charge < -0.3 is 4.74 Å². The number of rotatable bonds is 3. The second-order valence-electron chi connectivity index (χ2n) is 3.24. The van der Waals surface area contributed by atoms with E-state index in [1.165, 1.54) is 29.6 Å². The van der Waals surface area contributed by atoms with Crippen molar-refractivity contribution in [1.82, 2.24) is 0 Å². The van der Waals surface area contributed by atoms with Crippen LogP contribution in [-0.4, -0.2) is 18.4 Å². The second kappa shape index (κ2) is 4.35. The van der Waals surface area contributed by atoms with E-state index in [4.69, 9.17) is 4.74 Å². The van der Waals surface area contributed by atoms with Gasteiger partial charge in [0.05, 0.1) is 16.2 Å². The van der Waals surface area contributed by atoms with Crippen molar-refractivity contribution in [2.75, 3.05) is 6.61 Å². The van der Waals surface area contributed by atoms with Crippen LogP contribution >= 0.6 is 22.7 Å². The van der Waals surface area contributed by atoms with Crippen molar-refractivity contribution in [1.29, 1.82) is 0 Å². The van der Waals surface area contributed by atoms with Crippen LogP contribution in [0.25, 0.3) is 9.40 Å². The topological polar surface area (TPSA) is 43.4 Å². The van der Waals surface area contributed by atoms with Gasteiger partial charge in [0, 0.05) is 21.7 Å². The fourth-order valence-corrected chi connectivity index (χ4v) is 3.61. The molecule has 0 saturated heterocycles. The number of thiophene rings is 2. The van der Waals surface area contributed by atoms with Crippen LogP contribution in [0.5, 0.6) is 0 Å². The summed E-state index contributed by atoms with van der Waals surface area (Å²) in [6.45, 7) is 3.62. The molecule has 0 unspecified atom stereocenters. The Bertz CT molecular complexity index is 551. The van der Waals surface area contributed by atoms with E-state index in [0.29, 0.717) is 17.7 Å². The summed E-state index contributed by atoms with van der Waals surface area (Å²) < 4.78 is 5.95. The molecule has 5 heteroatoms. The maximum Gasteiger partial charge on any atom is 0.339 e. The Morgan fingerprint density at radius 3 is 2.44 bits per heavy atom. The molecule has 0 fully saturated rings. The summed E-state index contributed by atoms with van der Waals surface area (Å²) in [4.78, 5) is 23.1. The lowest BCUT2D eigenvalue weighted by molar-refractivity contribution is 0.0529. The van der Waals surface area contributed by atoms with Gasteiger partial charge in [-0.3, -0.25) is 4.79 Å². The molecule has 16 heavy (non-hydrogen) atoms. The predicted octanol–water partition coefficient (Wildman–Crippen LogP) is 3.34. The van der Waals surface area contributed by atoms with E-state index in [9.17, 15) is 9.59 Å². The highest BCUT2D eigenvalue weighted by atomic mass is 32.2. The first kappa shape index (κ1) is 11.3. The van der Waals surface area contributed by atoms with Gasteiger partial charge in [-0.25, -0.2) is 4.79 Å². The molecular formula is C11H10O3S2. The summed E-state index contributed by atoms with van der Waals surface area (Å²) in [6, 6.07) is 0. The molecule has 0 amide bonds. The molecule has 0 aliphatic heterocycles. The normalized spacial score (nSPS) is 10.6. The highest BCUT2D eigenvalue weighted by Crippen LogP contribution is 2.35. The lowest BCUT2D eigenvalue weighted by Gasteiger charge is -1.99. The van der Waals surface area contributed by atoms with Crippen molar-refractivity contribution in [3.8, 4) is 0 Å². The van der Waals surface area contributed by atoms with Crippen LogP contribution in [0.2, 0.25) is 0 Å². The third-order valence-electron chi connectivity index (χ3n) is 2.19. The first-order valence-electron chi connectivity index (χ1n) is 4.82. The number of ether oxygens (including phenoxy) is 1. The van der Waals surface area contributed by atoms with E-state index >= 15 is 0 Å².